The Bertz CT molecular complexity index is 1280. The number of amides is 1. The van der Waals surface area contributed by atoms with E-state index in [0.717, 1.165) is 31.4 Å². The van der Waals surface area contributed by atoms with Crippen molar-refractivity contribution in [3.63, 3.8) is 0 Å². The molecule has 0 aliphatic carbocycles. The largest absolute Gasteiger partial charge is 0.297 e. The zero-order valence-corrected chi connectivity index (χ0v) is 17.8. The highest BCUT2D eigenvalue weighted by atomic mass is 32.1. The highest BCUT2D eigenvalue weighted by Gasteiger charge is 2.15. The van der Waals surface area contributed by atoms with E-state index in [4.69, 9.17) is 0 Å². The van der Waals surface area contributed by atoms with Gasteiger partial charge in [-0.2, -0.15) is 0 Å². The van der Waals surface area contributed by atoms with Crippen LogP contribution >= 0.6 is 34.0 Å². The molecule has 3 heterocycles. The third kappa shape index (κ3) is 3.72. The van der Waals surface area contributed by atoms with Crippen LogP contribution in [0.2, 0.25) is 0 Å². The van der Waals surface area contributed by atoms with Gasteiger partial charge in [0.1, 0.15) is 5.01 Å². The van der Waals surface area contributed by atoms with Gasteiger partial charge in [-0.15, -0.1) is 34.0 Å². The van der Waals surface area contributed by atoms with E-state index in [9.17, 15) is 4.79 Å². The monoisotopic (exact) mass is 433 g/mol. The number of hydrogen-bond acceptors (Lipinski definition) is 6. The van der Waals surface area contributed by atoms with Crippen LogP contribution in [0.5, 0.6) is 0 Å². The summed E-state index contributed by atoms with van der Waals surface area (Å²) in [4.78, 5) is 23.5. The minimum absolute atomic E-state index is 0.146. The number of aryl methyl sites for hydroxylation is 1. The molecule has 0 saturated heterocycles. The van der Waals surface area contributed by atoms with Gasteiger partial charge >= 0.3 is 0 Å². The van der Waals surface area contributed by atoms with Crippen molar-refractivity contribution in [3.05, 3.63) is 76.5 Å². The molecule has 0 radical (unpaired) electrons. The first kappa shape index (κ1) is 18.2. The van der Waals surface area contributed by atoms with E-state index in [1.807, 2.05) is 47.8 Å². The first-order valence-electron chi connectivity index (χ1n) is 8.95. The third-order valence-corrected chi connectivity index (χ3v) is 7.45. The zero-order valence-electron chi connectivity index (χ0n) is 15.4. The Morgan fingerprint density at radius 1 is 0.931 bits per heavy atom. The second kappa shape index (κ2) is 7.51. The maximum atomic E-state index is 12.7. The summed E-state index contributed by atoms with van der Waals surface area (Å²) in [6.07, 6.45) is 0. The maximum Gasteiger partial charge on any atom is 0.267 e. The highest BCUT2D eigenvalue weighted by molar-refractivity contribution is 7.26. The number of benzene rings is 2. The smallest absolute Gasteiger partial charge is 0.267 e. The number of nitrogens with zero attached hydrogens (tertiary/aromatic N) is 2. The van der Waals surface area contributed by atoms with E-state index in [0.29, 0.717) is 10.0 Å². The van der Waals surface area contributed by atoms with Crippen molar-refractivity contribution in [2.45, 2.75) is 6.92 Å². The Morgan fingerprint density at radius 2 is 1.76 bits per heavy atom. The molecule has 29 heavy (non-hydrogen) atoms. The molecule has 4 nitrogen and oxygen atoms in total. The lowest BCUT2D eigenvalue weighted by atomic mass is 10.1. The molecule has 7 heteroatoms. The van der Waals surface area contributed by atoms with Gasteiger partial charge in [0.2, 0.25) is 0 Å². The number of thiazole rings is 2. The summed E-state index contributed by atoms with van der Waals surface area (Å²) in [6, 6.07) is 20.1. The van der Waals surface area contributed by atoms with Gasteiger partial charge in [0.05, 0.1) is 25.7 Å². The Labute approximate surface area is 179 Å². The van der Waals surface area contributed by atoms with Gasteiger partial charge < -0.3 is 0 Å². The minimum atomic E-state index is -0.146. The van der Waals surface area contributed by atoms with Gasteiger partial charge in [-0.3, -0.25) is 10.1 Å². The Morgan fingerprint density at radius 3 is 2.59 bits per heavy atom. The summed E-state index contributed by atoms with van der Waals surface area (Å²) >= 11 is 4.51. The quantitative estimate of drug-likeness (QED) is 0.343. The average Bonchev–Trinajstić information content (AvgIpc) is 3.47. The van der Waals surface area contributed by atoms with E-state index in [1.165, 1.54) is 28.2 Å². The van der Waals surface area contributed by atoms with Gasteiger partial charge in [-0.25, -0.2) is 9.97 Å². The molecule has 0 atom stereocenters. The lowest BCUT2D eigenvalue weighted by Gasteiger charge is -1.99. The van der Waals surface area contributed by atoms with Crippen LogP contribution in [0.4, 0.5) is 5.13 Å². The van der Waals surface area contributed by atoms with E-state index in [1.54, 1.807) is 11.3 Å². The van der Waals surface area contributed by atoms with E-state index in [2.05, 4.69) is 40.4 Å². The fourth-order valence-electron chi connectivity index (χ4n) is 2.90. The minimum Gasteiger partial charge on any atom is -0.297 e. The van der Waals surface area contributed by atoms with Crippen molar-refractivity contribution in [2.24, 2.45) is 0 Å². The van der Waals surface area contributed by atoms with Crippen LogP contribution in [-0.2, 0) is 0 Å². The summed E-state index contributed by atoms with van der Waals surface area (Å²) in [6.45, 7) is 2.06. The van der Waals surface area contributed by atoms with Crippen LogP contribution in [0.1, 0.15) is 15.2 Å². The molecule has 1 N–H and O–H groups in total. The molecule has 0 aliphatic heterocycles. The summed E-state index contributed by atoms with van der Waals surface area (Å²) < 4.78 is 1.15. The van der Waals surface area contributed by atoms with Crippen molar-refractivity contribution in [1.82, 2.24) is 9.97 Å². The highest BCUT2D eigenvalue weighted by Crippen LogP contribution is 2.35. The summed E-state index contributed by atoms with van der Waals surface area (Å²) in [7, 11) is 0. The number of fused-ring (bicyclic) bond motifs is 1. The topological polar surface area (TPSA) is 54.9 Å². The number of hydrogen-bond donors (Lipinski definition) is 1. The number of aromatic nitrogens is 2. The fourth-order valence-corrected chi connectivity index (χ4v) is 5.54. The standard InChI is InChI=1S/C22H15N3OS3/c1-13-6-8-14(9-7-13)16-12-27-22(24-16)25-20(26)18-10-11-19(28-18)21-23-15-4-2-3-5-17(15)29-21/h2-12H,1H3,(H,24,25,26). The van der Waals surface area contributed by atoms with Gasteiger partial charge in [0.25, 0.3) is 5.91 Å². The molecule has 0 spiro atoms. The molecule has 2 aromatic carbocycles. The third-order valence-electron chi connectivity index (χ3n) is 4.41. The van der Waals surface area contributed by atoms with E-state index >= 15 is 0 Å². The lowest BCUT2D eigenvalue weighted by Crippen LogP contribution is -2.09. The molecule has 5 aromatic rings. The van der Waals surface area contributed by atoms with Gasteiger partial charge in [-0.05, 0) is 31.2 Å². The number of thiophene rings is 1. The van der Waals surface area contributed by atoms with Gasteiger partial charge in [0, 0.05) is 10.9 Å². The normalized spacial score (nSPS) is 11.1. The molecular formula is C22H15N3OS3. The van der Waals surface area contributed by atoms with Crippen molar-refractivity contribution in [1.29, 1.82) is 0 Å². The second-order valence-corrected chi connectivity index (χ2v) is 9.48. The fraction of sp³-hybridized carbons (Fsp3) is 0.0455. The molecule has 0 saturated carbocycles. The Balaban J connectivity index is 1.33. The van der Waals surface area contributed by atoms with Crippen LogP contribution in [-0.4, -0.2) is 15.9 Å². The number of anilines is 1. The molecule has 0 aliphatic rings. The first-order chi connectivity index (χ1) is 14.2. The molecule has 1 amide bonds. The van der Waals surface area contributed by atoms with E-state index in [-0.39, 0.29) is 5.91 Å². The van der Waals surface area contributed by atoms with Crippen molar-refractivity contribution < 1.29 is 4.79 Å². The number of para-hydroxylation sites is 1. The second-order valence-electron chi connectivity index (χ2n) is 6.51. The summed E-state index contributed by atoms with van der Waals surface area (Å²) in [5, 5.41) is 6.41. The average molecular weight is 434 g/mol. The van der Waals surface area contributed by atoms with Gasteiger partial charge in [-0.1, -0.05) is 42.0 Å². The van der Waals surface area contributed by atoms with Crippen LogP contribution in [0.3, 0.4) is 0 Å². The SMILES string of the molecule is Cc1ccc(-c2csc(NC(=O)c3ccc(-c4nc5ccccc5s4)s3)n2)cc1. The van der Waals surface area contributed by atoms with Crippen LogP contribution < -0.4 is 5.32 Å². The first-order valence-corrected chi connectivity index (χ1v) is 11.5. The van der Waals surface area contributed by atoms with Crippen LogP contribution in [0, 0.1) is 6.92 Å². The van der Waals surface area contributed by atoms with Gasteiger partial charge in [0.15, 0.2) is 5.13 Å². The van der Waals surface area contributed by atoms with Crippen LogP contribution in [0.25, 0.3) is 31.4 Å². The summed E-state index contributed by atoms with van der Waals surface area (Å²) in [5.41, 5.74) is 4.10. The summed E-state index contributed by atoms with van der Waals surface area (Å²) in [5.74, 6) is -0.146. The number of rotatable bonds is 4. The van der Waals surface area contributed by atoms with E-state index < -0.39 is 0 Å². The number of nitrogens with one attached hydrogen (secondary N) is 1. The maximum absolute atomic E-state index is 12.7. The lowest BCUT2D eigenvalue weighted by molar-refractivity contribution is 0.103. The molecule has 142 valence electrons. The Kier molecular flexibility index (Phi) is 4.71. The van der Waals surface area contributed by atoms with Crippen molar-refractivity contribution >= 4 is 55.3 Å². The predicted octanol–water partition coefficient (Wildman–Crippen LogP) is 6.71. The molecule has 3 aromatic heterocycles. The Hall–Kier alpha value is -2.87. The molecule has 0 unspecified atom stereocenters. The number of carbonyl (C=O) groups excluding carboxylic acids is 1. The predicted molar refractivity (Wildman–Crippen MR) is 123 cm³/mol. The molecule has 0 bridgehead atoms. The molecule has 0 fully saturated rings. The van der Waals surface area contributed by atoms with Crippen molar-refractivity contribution in [2.75, 3.05) is 5.32 Å². The van der Waals surface area contributed by atoms with Crippen molar-refractivity contribution in [3.8, 4) is 21.1 Å². The zero-order chi connectivity index (χ0) is 19.8. The van der Waals surface area contributed by atoms with Crippen LogP contribution in [0.15, 0.2) is 66.0 Å². The molecular weight excluding hydrogens is 418 g/mol. The number of carbonyl (C=O) groups is 1. The molecule has 5 rings (SSSR count).